The average molecular weight is 322 g/mol. The van der Waals surface area contributed by atoms with Crippen molar-refractivity contribution in [3.05, 3.63) is 67.7 Å². The van der Waals surface area contributed by atoms with E-state index >= 15 is 0 Å². The van der Waals surface area contributed by atoms with Gasteiger partial charge in [-0.25, -0.2) is 0 Å². The molecule has 0 amide bonds. The van der Waals surface area contributed by atoms with Gasteiger partial charge in [0.25, 0.3) is 5.69 Å². The maximum absolute atomic E-state index is 10.6. The molecule has 0 aliphatic heterocycles. The largest absolute Gasteiger partial charge is 0.380 e. The molecule has 0 aliphatic carbocycles. The van der Waals surface area contributed by atoms with Gasteiger partial charge in [-0.15, -0.1) is 0 Å². The van der Waals surface area contributed by atoms with Crippen LogP contribution in [-0.2, 0) is 6.54 Å². The average Bonchev–Trinajstić information content (AvgIpc) is 2.46. The zero-order valence-electron chi connectivity index (χ0n) is 10.6. The summed E-state index contributed by atoms with van der Waals surface area (Å²) in [6, 6.07) is 11.2. The molecule has 0 saturated heterocycles. The fourth-order valence-corrected chi connectivity index (χ4v) is 2.20. The van der Waals surface area contributed by atoms with Crippen LogP contribution < -0.4 is 5.32 Å². The van der Waals surface area contributed by atoms with Gasteiger partial charge in [0.15, 0.2) is 0 Å². The molecule has 0 aromatic heterocycles. The molecule has 5 nitrogen and oxygen atoms in total. The SMILES string of the molecule is N#Cc1ccc(NCc2ccc([N+](=O)[O-])cc2Cl)c(Cl)c1. The molecule has 0 atom stereocenters. The Bertz CT molecular complexity index is 741. The summed E-state index contributed by atoms with van der Waals surface area (Å²) >= 11 is 12.1. The molecule has 0 fully saturated rings. The summed E-state index contributed by atoms with van der Waals surface area (Å²) in [5.74, 6) is 0. The fourth-order valence-electron chi connectivity index (χ4n) is 1.71. The number of anilines is 1. The Morgan fingerprint density at radius 1 is 1.19 bits per heavy atom. The lowest BCUT2D eigenvalue weighted by molar-refractivity contribution is -0.384. The van der Waals surface area contributed by atoms with Crippen molar-refractivity contribution in [3.63, 3.8) is 0 Å². The lowest BCUT2D eigenvalue weighted by Gasteiger charge is -2.09. The highest BCUT2D eigenvalue weighted by Gasteiger charge is 2.10. The molecule has 0 aliphatic rings. The van der Waals surface area contributed by atoms with Crippen molar-refractivity contribution >= 4 is 34.6 Å². The number of nitro benzene ring substituents is 1. The van der Waals surface area contributed by atoms with Gasteiger partial charge in [-0.3, -0.25) is 10.1 Å². The molecule has 0 spiro atoms. The second-order valence-corrected chi connectivity index (χ2v) is 5.01. The molecular weight excluding hydrogens is 313 g/mol. The van der Waals surface area contributed by atoms with Crippen LogP contribution in [0.25, 0.3) is 0 Å². The van der Waals surface area contributed by atoms with E-state index in [4.69, 9.17) is 28.5 Å². The van der Waals surface area contributed by atoms with E-state index in [0.29, 0.717) is 33.4 Å². The van der Waals surface area contributed by atoms with Gasteiger partial charge in [0.2, 0.25) is 0 Å². The molecule has 0 heterocycles. The van der Waals surface area contributed by atoms with Crippen molar-refractivity contribution < 1.29 is 4.92 Å². The lowest BCUT2D eigenvalue weighted by atomic mass is 10.2. The third-order valence-corrected chi connectivity index (χ3v) is 3.48. The predicted octanol–water partition coefficient (Wildman–Crippen LogP) is 4.39. The van der Waals surface area contributed by atoms with E-state index in [-0.39, 0.29) is 5.69 Å². The minimum Gasteiger partial charge on any atom is -0.380 e. The summed E-state index contributed by atoms with van der Waals surface area (Å²) in [5.41, 5.74) is 1.78. The Balaban J connectivity index is 2.13. The smallest absolute Gasteiger partial charge is 0.270 e. The zero-order valence-corrected chi connectivity index (χ0v) is 12.1. The Labute approximate surface area is 130 Å². The van der Waals surface area contributed by atoms with Crippen molar-refractivity contribution in [2.24, 2.45) is 0 Å². The van der Waals surface area contributed by atoms with Gasteiger partial charge in [-0.05, 0) is 29.8 Å². The van der Waals surface area contributed by atoms with E-state index in [1.807, 2.05) is 6.07 Å². The van der Waals surface area contributed by atoms with Gasteiger partial charge >= 0.3 is 0 Å². The molecule has 0 unspecified atom stereocenters. The van der Waals surface area contributed by atoms with Crippen molar-refractivity contribution in [3.8, 4) is 6.07 Å². The van der Waals surface area contributed by atoms with Crippen LogP contribution >= 0.6 is 23.2 Å². The first-order valence-corrected chi connectivity index (χ1v) is 6.63. The number of hydrogen-bond acceptors (Lipinski definition) is 4. The predicted molar refractivity (Wildman–Crippen MR) is 81.6 cm³/mol. The molecule has 0 radical (unpaired) electrons. The minimum absolute atomic E-state index is 0.0554. The fraction of sp³-hybridized carbons (Fsp3) is 0.0714. The third-order valence-electron chi connectivity index (χ3n) is 2.81. The summed E-state index contributed by atoms with van der Waals surface area (Å²) in [4.78, 5) is 10.1. The molecule has 106 valence electrons. The van der Waals surface area contributed by atoms with Gasteiger partial charge < -0.3 is 5.32 Å². The number of rotatable bonds is 4. The third kappa shape index (κ3) is 3.63. The number of non-ortho nitro benzene ring substituents is 1. The van der Waals surface area contributed by atoms with E-state index in [1.54, 1.807) is 24.3 Å². The quantitative estimate of drug-likeness (QED) is 0.669. The monoisotopic (exact) mass is 321 g/mol. The Kier molecular flexibility index (Phi) is 4.63. The maximum Gasteiger partial charge on any atom is 0.270 e. The van der Waals surface area contributed by atoms with Crippen LogP contribution in [0.5, 0.6) is 0 Å². The van der Waals surface area contributed by atoms with Crippen molar-refractivity contribution in [1.82, 2.24) is 0 Å². The van der Waals surface area contributed by atoms with Crippen LogP contribution in [0.2, 0.25) is 10.0 Å². The van der Waals surface area contributed by atoms with E-state index in [1.165, 1.54) is 12.1 Å². The number of nitrogens with zero attached hydrogens (tertiary/aromatic N) is 2. The van der Waals surface area contributed by atoms with Gasteiger partial charge in [-0.1, -0.05) is 23.2 Å². The summed E-state index contributed by atoms with van der Waals surface area (Å²) in [7, 11) is 0. The molecule has 21 heavy (non-hydrogen) atoms. The number of nitriles is 1. The highest BCUT2D eigenvalue weighted by atomic mass is 35.5. The molecular formula is C14H9Cl2N3O2. The topological polar surface area (TPSA) is 79.0 Å². The first-order valence-electron chi connectivity index (χ1n) is 5.87. The van der Waals surface area contributed by atoms with E-state index in [9.17, 15) is 10.1 Å². The highest BCUT2D eigenvalue weighted by Crippen LogP contribution is 2.26. The van der Waals surface area contributed by atoms with Crippen LogP contribution in [0, 0.1) is 21.4 Å². The van der Waals surface area contributed by atoms with E-state index in [0.717, 1.165) is 0 Å². The highest BCUT2D eigenvalue weighted by molar-refractivity contribution is 6.33. The summed E-state index contributed by atoms with van der Waals surface area (Å²) in [5, 5.41) is 23.2. The molecule has 1 N–H and O–H groups in total. The van der Waals surface area contributed by atoms with Gasteiger partial charge in [0.1, 0.15) is 0 Å². The number of hydrogen-bond donors (Lipinski definition) is 1. The molecule has 2 aromatic carbocycles. The van der Waals surface area contributed by atoms with Crippen LogP contribution in [0.4, 0.5) is 11.4 Å². The van der Waals surface area contributed by atoms with Gasteiger partial charge in [0.05, 0.1) is 32.3 Å². The van der Waals surface area contributed by atoms with Crippen molar-refractivity contribution in [2.75, 3.05) is 5.32 Å². The van der Waals surface area contributed by atoms with Crippen LogP contribution in [0.15, 0.2) is 36.4 Å². The number of nitrogens with one attached hydrogen (secondary N) is 1. The molecule has 2 aromatic rings. The van der Waals surface area contributed by atoms with E-state index in [2.05, 4.69) is 5.32 Å². The van der Waals surface area contributed by atoms with Crippen LogP contribution in [0.1, 0.15) is 11.1 Å². The first kappa shape index (κ1) is 15.1. The lowest BCUT2D eigenvalue weighted by Crippen LogP contribution is -2.01. The van der Waals surface area contributed by atoms with Gasteiger partial charge in [0, 0.05) is 18.7 Å². The second kappa shape index (κ2) is 6.44. The Morgan fingerprint density at radius 2 is 1.95 bits per heavy atom. The first-order chi connectivity index (χ1) is 10.0. The maximum atomic E-state index is 10.6. The van der Waals surface area contributed by atoms with E-state index < -0.39 is 4.92 Å². The summed E-state index contributed by atoms with van der Waals surface area (Å²) in [6.07, 6.45) is 0. The normalized spacial score (nSPS) is 9.95. The zero-order chi connectivity index (χ0) is 15.4. The standard InChI is InChI=1S/C14H9Cl2N3O2/c15-12-6-11(19(20)21)3-2-10(12)8-18-14-4-1-9(7-17)5-13(14)16/h1-6,18H,8H2. The number of benzene rings is 2. The van der Waals surface area contributed by atoms with Crippen LogP contribution in [0.3, 0.4) is 0 Å². The summed E-state index contributed by atoms with van der Waals surface area (Å²) < 4.78 is 0. The van der Waals surface area contributed by atoms with Crippen LogP contribution in [-0.4, -0.2) is 4.92 Å². The molecule has 0 saturated carbocycles. The minimum atomic E-state index is -0.499. The number of nitro groups is 1. The molecule has 7 heteroatoms. The summed E-state index contributed by atoms with van der Waals surface area (Å²) in [6.45, 7) is 0.364. The van der Waals surface area contributed by atoms with Gasteiger partial charge in [-0.2, -0.15) is 5.26 Å². The Hall–Kier alpha value is -2.29. The second-order valence-electron chi connectivity index (χ2n) is 4.19. The Morgan fingerprint density at radius 3 is 2.52 bits per heavy atom. The number of halogens is 2. The van der Waals surface area contributed by atoms with Crippen molar-refractivity contribution in [1.29, 1.82) is 5.26 Å². The molecule has 2 rings (SSSR count). The van der Waals surface area contributed by atoms with Crippen molar-refractivity contribution in [2.45, 2.75) is 6.54 Å². The molecule has 0 bridgehead atoms.